The van der Waals surface area contributed by atoms with Gasteiger partial charge in [-0.25, -0.2) is 14.9 Å². The number of amides is 2. The quantitative estimate of drug-likeness (QED) is 0.745. The highest BCUT2D eigenvalue weighted by molar-refractivity contribution is 6.31. The second kappa shape index (κ2) is 6.58. The summed E-state index contributed by atoms with van der Waals surface area (Å²) in [6.07, 6.45) is 0.970. The zero-order valence-corrected chi connectivity index (χ0v) is 16.2. The standard InChI is InChI=1S/C21H20ClN3O3/c1-28-16-6-3-2-5-15(16)18-17-19(24-12-4-11-23(18)24)21(27)25(20(17)26)14-9-7-13(22)8-10-14/h2-3,5-10,17-19H,4,11-12H2,1H3/t17-,18-,19+/m0/s1. The van der Waals surface area contributed by atoms with Crippen molar-refractivity contribution in [2.24, 2.45) is 5.92 Å². The molecule has 0 aromatic heterocycles. The average Bonchev–Trinajstić information content (AvgIpc) is 3.35. The topological polar surface area (TPSA) is 53.1 Å². The Balaban J connectivity index is 1.60. The molecule has 2 aromatic rings. The predicted molar refractivity (Wildman–Crippen MR) is 105 cm³/mol. The highest BCUT2D eigenvalue weighted by Gasteiger charge is 2.63. The van der Waals surface area contributed by atoms with Crippen LogP contribution in [0.1, 0.15) is 18.0 Å². The Labute approximate surface area is 168 Å². The highest BCUT2D eigenvalue weighted by atomic mass is 35.5. The number of benzene rings is 2. The number of methoxy groups -OCH3 is 1. The Kier molecular flexibility index (Phi) is 4.16. The molecule has 2 amide bonds. The Hall–Kier alpha value is -2.41. The first-order valence-corrected chi connectivity index (χ1v) is 9.79. The molecule has 3 saturated heterocycles. The maximum atomic E-state index is 13.5. The smallest absolute Gasteiger partial charge is 0.253 e. The summed E-state index contributed by atoms with van der Waals surface area (Å²) < 4.78 is 5.57. The molecule has 0 N–H and O–H groups in total. The molecule has 3 heterocycles. The molecular weight excluding hydrogens is 378 g/mol. The maximum Gasteiger partial charge on any atom is 0.253 e. The fraction of sp³-hybridized carbons (Fsp3) is 0.333. The van der Waals surface area contributed by atoms with Crippen molar-refractivity contribution in [3.63, 3.8) is 0 Å². The Bertz CT molecular complexity index is 948. The molecular formula is C21H20ClN3O3. The number of para-hydroxylation sites is 1. The number of hydrazine groups is 1. The molecule has 5 rings (SSSR count). The number of rotatable bonds is 3. The number of halogens is 1. The Morgan fingerprint density at radius 2 is 1.61 bits per heavy atom. The van der Waals surface area contributed by atoms with Crippen LogP contribution in [0.15, 0.2) is 48.5 Å². The minimum atomic E-state index is -0.472. The second-order valence-corrected chi connectivity index (χ2v) is 7.76. The van der Waals surface area contributed by atoms with Crippen LogP contribution in [0.25, 0.3) is 0 Å². The Morgan fingerprint density at radius 1 is 0.929 bits per heavy atom. The molecule has 144 valence electrons. The van der Waals surface area contributed by atoms with Crippen molar-refractivity contribution < 1.29 is 14.3 Å². The molecule has 3 aliphatic heterocycles. The molecule has 0 spiro atoms. The van der Waals surface area contributed by atoms with Crippen LogP contribution in [0.4, 0.5) is 5.69 Å². The van der Waals surface area contributed by atoms with Gasteiger partial charge in [-0.1, -0.05) is 29.8 Å². The van der Waals surface area contributed by atoms with E-state index in [0.29, 0.717) is 10.7 Å². The van der Waals surface area contributed by atoms with Gasteiger partial charge in [-0.2, -0.15) is 0 Å². The van der Waals surface area contributed by atoms with E-state index >= 15 is 0 Å². The van der Waals surface area contributed by atoms with Gasteiger partial charge in [-0.05, 0) is 36.8 Å². The van der Waals surface area contributed by atoms with Crippen LogP contribution < -0.4 is 9.64 Å². The van der Waals surface area contributed by atoms with Crippen molar-refractivity contribution in [3.05, 3.63) is 59.1 Å². The molecule has 3 fully saturated rings. The first-order chi connectivity index (χ1) is 13.6. The number of hydrogen-bond acceptors (Lipinski definition) is 5. The van der Waals surface area contributed by atoms with Crippen LogP contribution >= 0.6 is 11.6 Å². The van der Waals surface area contributed by atoms with Crippen molar-refractivity contribution in [2.75, 3.05) is 25.1 Å². The lowest BCUT2D eigenvalue weighted by molar-refractivity contribution is -0.126. The lowest BCUT2D eigenvalue weighted by atomic mass is 9.89. The van der Waals surface area contributed by atoms with Gasteiger partial charge < -0.3 is 4.74 Å². The number of carbonyl (C=O) groups is 2. The second-order valence-electron chi connectivity index (χ2n) is 7.33. The van der Waals surface area contributed by atoms with E-state index in [1.54, 1.807) is 31.4 Å². The van der Waals surface area contributed by atoms with E-state index in [4.69, 9.17) is 16.3 Å². The SMILES string of the molecule is COc1ccccc1[C@H]1[C@@H]2C(=O)N(c3ccc(Cl)cc3)C(=O)[C@@H]2N2CCCN12. The minimum absolute atomic E-state index is 0.164. The third kappa shape index (κ3) is 2.42. The van der Waals surface area contributed by atoms with Crippen LogP contribution in [0.3, 0.4) is 0 Å². The number of imide groups is 1. The van der Waals surface area contributed by atoms with Crippen molar-refractivity contribution in [2.45, 2.75) is 18.5 Å². The van der Waals surface area contributed by atoms with Crippen LogP contribution in [0.2, 0.25) is 5.02 Å². The molecule has 0 bridgehead atoms. The maximum absolute atomic E-state index is 13.5. The lowest BCUT2D eigenvalue weighted by Crippen LogP contribution is -2.44. The van der Waals surface area contributed by atoms with Crippen molar-refractivity contribution in [1.29, 1.82) is 0 Å². The number of ether oxygens (including phenoxy) is 1. The molecule has 0 radical (unpaired) electrons. The zero-order valence-electron chi connectivity index (χ0n) is 15.4. The fourth-order valence-corrected chi connectivity index (χ4v) is 4.97. The third-order valence-corrected chi connectivity index (χ3v) is 6.20. The minimum Gasteiger partial charge on any atom is -0.496 e. The van der Waals surface area contributed by atoms with Crippen molar-refractivity contribution >= 4 is 29.1 Å². The third-order valence-electron chi connectivity index (χ3n) is 5.95. The van der Waals surface area contributed by atoms with Gasteiger partial charge in [0.15, 0.2) is 0 Å². The normalized spacial score (nSPS) is 27.4. The monoisotopic (exact) mass is 397 g/mol. The summed E-state index contributed by atoms with van der Waals surface area (Å²) in [5.41, 5.74) is 1.52. The van der Waals surface area contributed by atoms with E-state index in [1.165, 1.54) is 4.90 Å². The van der Waals surface area contributed by atoms with E-state index in [1.807, 2.05) is 24.3 Å². The van der Waals surface area contributed by atoms with Crippen molar-refractivity contribution in [3.8, 4) is 5.75 Å². The van der Waals surface area contributed by atoms with Crippen LogP contribution in [0, 0.1) is 5.92 Å². The van der Waals surface area contributed by atoms with Crippen molar-refractivity contribution in [1.82, 2.24) is 10.0 Å². The van der Waals surface area contributed by atoms with E-state index in [2.05, 4.69) is 10.0 Å². The number of fused-ring (bicyclic) bond motifs is 3. The molecule has 0 aliphatic carbocycles. The summed E-state index contributed by atoms with van der Waals surface area (Å²) in [7, 11) is 1.63. The number of nitrogens with zero attached hydrogens (tertiary/aromatic N) is 3. The van der Waals surface area contributed by atoms with Gasteiger partial charge in [0, 0.05) is 23.7 Å². The molecule has 0 unspecified atom stereocenters. The summed E-state index contributed by atoms with van der Waals surface area (Å²) >= 11 is 5.98. The molecule has 6 nitrogen and oxygen atoms in total. The van der Waals surface area contributed by atoms with E-state index in [9.17, 15) is 9.59 Å². The predicted octanol–water partition coefficient (Wildman–Crippen LogP) is 2.88. The number of carbonyl (C=O) groups excluding carboxylic acids is 2. The molecule has 0 saturated carbocycles. The molecule has 7 heteroatoms. The first-order valence-electron chi connectivity index (χ1n) is 9.41. The highest BCUT2D eigenvalue weighted by Crippen LogP contribution is 2.50. The van der Waals surface area contributed by atoms with Gasteiger partial charge in [-0.15, -0.1) is 0 Å². The molecule has 2 aromatic carbocycles. The number of anilines is 1. The number of hydrogen-bond donors (Lipinski definition) is 0. The molecule has 28 heavy (non-hydrogen) atoms. The summed E-state index contributed by atoms with van der Waals surface area (Å²) in [4.78, 5) is 28.1. The lowest BCUT2D eigenvalue weighted by Gasteiger charge is -2.30. The largest absolute Gasteiger partial charge is 0.496 e. The summed E-state index contributed by atoms with van der Waals surface area (Å²) in [5.74, 6) is -0.0470. The van der Waals surface area contributed by atoms with Gasteiger partial charge in [-0.3, -0.25) is 9.59 Å². The average molecular weight is 398 g/mol. The van der Waals surface area contributed by atoms with Gasteiger partial charge in [0.1, 0.15) is 11.8 Å². The van der Waals surface area contributed by atoms with Gasteiger partial charge >= 0.3 is 0 Å². The summed E-state index contributed by atoms with van der Waals surface area (Å²) in [5, 5.41) is 4.83. The Morgan fingerprint density at radius 3 is 2.32 bits per heavy atom. The van der Waals surface area contributed by atoms with Gasteiger partial charge in [0.25, 0.3) is 5.91 Å². The summed E-state index contributed by atoms with van der Waals surface area (Å²) in [6, 6.07) is 13.9. The fourth-order valence-electron chi connectivity index (χ4n) is 4.84. The van der Waals surface area contributed by atoms with Crippen LogP contribution in [-0.2, 0) is 9.59 Å². The van der Waals surface area contributed by atoms with Gasteiger partial charge in [0.05, 0.1) is 24.8 Å². The van der Waals surface area contributed by atoms with Crippen LogP contribution in [-0.4, -0.2) is 48.1 Å². The molecule has 3 aliphatic rings. The summed E-state index contributed by atoms with van der Waals surface area (Å²) in [6.45, 7) is 1.61. The molecule has 3 atom stereocenters. The van der Waals surface area contributed by atoms with Gasteiger partial charge in [0.2, 0.25) is 5.91 Å². The first kappa shape index (κ1) is 17.7. The van der Waals surface area contributed by atoms with E-state index < -0.39 is 12.0 Å². The zero-order chi connectivity index (χ0) is 19.4. The van der Waals surface area contributed by atoms with Crippen LogP contribution in [0.5, 0.6) is 5.75 Å². The van der Waals surface area contributed by atoms with E-state index in [0.717, 1.165) is 30.8 Å². The van der Waals surface area contributed by atoms with E-state index in [-0.39, 0.29) is 17.9 Å².